The molecule has 0 unspecified atom stereocenters. The summed E-state index contributed by atoms with van der Waals surface area (Å²) in [6.45, 7) is 0. The number of hydrogen-bond donors (Lipinski definition) is 0. The molecule has 0 bridgehead atoms. The fourth-order valence-corrected chi connectivity index (χ4v) is 8.53. The Morgan fingerprint density at radius 1 is 0.382 bits per heavy atom. The van der Waals surface area contributed by atoms with Crippen molar-refractivity contribution in [3.8, 4) is 78.4 Å². The molecule has 0 aliphatic heterocycles. The van der Waals surface area contributed by atoms with Crippen molar-refractivity contribution in [2.75, 3.05) is 0 Å². The Bertz CT molecular complexity index is 3210. The van der Waals surface area contributed by atoms with E-state index in [1.165, 1.54) is 26.8 Å². The number of nitrogens with zero attached hydrogens (tertiary/aromatic N) is 2. The summed E-state index contributed by atoms with van der Waals surface area (Å²) in [7, 11) is 0. The highest BCUT2D eigenvalue weighted by atomic mass is 32.1. The first-order chi connectivity index (χ1) is 29.3. The second kappa shape index (κ2) is 14.1. The molecule has 0 saturated carbocycles. The van der Waals surface area contributed by atoms with Gasteiger partial charge in [0, 0.05) is 36.9 Å². The maximum Gasteiger partial charge on any atom is 0.161 e. The minimum Gasteiger partial charge on any atom is -0.228 e. The zero-order valence-electron chi connectivity index (χ0n) is 34.5. The van der Waals surface area contributed by atoms with Gasteiger partial charge in [-0.05, 0) is 68.8 Å². The van der Waals surface area contributed by atoms with Gasteiger partial charge in [-0.3, -0.25) is 0 Å². The van der Waals surface area contributed by atoms with E-state index in [4.69, 9.17) is 16.8 Å². The van der Waals surface area contributed by atoms with Gasteiger partial charge in [-0.1, -0.05) is 182 Å². The summed E-state index contributed by atoms with van der Waals surface area (Å²) in [6.07, 6.45) is 0. The summed E-state index contributed by atoms with van der Waals surface area (Å²) in [6, 6.07) is 58.4. The first-order valence-corrected chi connectivity index (χ1v) is 19.0. The fraction of sp³-hybridized carbons (Fsp3) is 0. The van der Waals surface area contributed by atoms with Crippen molar-refractivity contribution in [1.82, 2.24) is 9.97 Å². The molecule has 0 saturated heterocycles. The molecule has 0 atom stereocenters. The molecule has 3 heteroatoms. The number of rotatable bonds is 7. The molecule has 8 aromatic carbocycles. The number of aromatic nitrogens is 2. The Morgan fingerprint density at radius 3 is 1.60 bits per heavy atom. The predicted molar refractivity (Wildman–Crippen MR) is 233 cm³/mol. The Morgan fingerprint density at radius 2 is 0.909 bits per heavy atom. The smallest absolute Gasteiger partial charge is 0.161 e. The fourth-order valence-electron chi connectivity index (χ4n) is 7.29. The number of benzene rings is 8. The minimum absolute atomic E-state index is 0.151. The van der Waals surface area contributed by atoms with Gasteiger partial charge in [0.15, 0.2) is 5.82 Å². The van der Waals surface area contributed by atoms with E-state index in [0.29, 0.717) is 17.1 Å². The molecule has 10 rings (SSSR count). The highest BCUT2D eigenvalue weighted by Gasteiger charge is 2.18. The van der Waals surface area contributed by atoms with Gasteiger partial charge in [0.1, 0.15) is 0 Å². The van der Waals surface area contributed by atoms with Crippen molar-refractivity contribution in [3.05, 3.63) is 206 Å². The topological polar surface area (TPSA) is 25.8 Å². The SMILES string of the molecule is [2H]c1c([2H])c([2H])c(-c2cccc(-c3cc(-c4ccccc4)nc(-c4cccc5c4sc4cccc(-c6ccc(-c7ccc(-c8ccccc8)cc7)cc6)c45)n3)c2)c([2H])c1[2H]. The number of hydrogen-bond acceptors (Lipinski definition) is 3. The van der Waals surface area contributed by atoms with Gasteiger partial charge in [-0.25, -0.2) is 9.97 Å². The first-order valence-electron chi connectivity index (χ1n) is 20.7. The van der Waals surface area contributed by atoms with Crippen LogP contribution in [0.5, 0.6) is 0 Å². The second-order valence-corrected chi connectivity index (χ2v) is 14.4. The largest absolute Gasteiger partial charge is 0.228 e. The zero-order chi connectivity index (χ0) is 40.9. The molecule has 0 radical (unpaired) electrons. The molecular formula is C52H34N2S. The van der Waals surface area contributed by atoms with Crippen molar-refractivity contribution >= 4 is 31.5 Å². The molecule has 0 fully saturated rings. The van der Waals surface area contributed by atoms with E-state index in [-0.39, 0.29) is 29.7 Å². The van der Waals surface area contributed by atoms with Crippen LogP contribution in [0.1, 0.15) is 6.85 Å². The first kappa shape index (κ1) is 27.6. The maximum absolute atomic E-state index is 8.61. The predicted octanol–water partition coefficient (Wildman–Crippen LogP) is 14.5. The van der Waals surface area contributed by atoms with Crippen LogP contribution >= 0.6 is 11.3 Å². The quantitative estimate of drug-likeness (QED) is 0.164. The van der Waals surface area contributed by atoms with Crippen LogP contribution < -0.4 is 0 Å². The van der Waals surface area contributed by atoms with Crippen molar-refractivity contribution in [2.24, 2.45) is 0 Å². The van der Waals surface area contributed by atoms with Gasteiger partial charge in [-0.15, -0.1) is 11.3 Å². The van der Waals surface area contributed by atoms with Crippen molar-refractivity contribution in [2.45, 2.75) is 0 Å². The van der Waals surface area contributed by atoms with Crippen molar-refractivity contribution < 1.29 is 6.85 Å². The average Bonchev–Trinajstić information content (AvgIpc) is 3.70. The van der Waals surface area contributed by atoms with Crippen LogP contribution in [0.4, 0.5) is 0 Å². The van der Waals surface area contributed by atoms with Crippen LogP contribution in [0.25, 0.3) is 98.6 Å². The highest BCUT2D eigenvalue weighted by Crippen LogP contribution is 2.44. The van der Waals surface area contributed by atoms with E-state index in [1.807, 2.05) is 60.7 Å². The molecular weight excluding hydrogens is 685 g/mol. The molecule has 2 aromatic heterocycles. The summed E-state index contributed by atoms with van der Waals surface area (Å²) >= 11 is 1.73. The normalized spacial score (nSPS) is 12.5. The lowest BCUT2D eigenvalue weighted by Crippen LogP contribution is -1.96. The van der Waals surface area contributed by atoms with Crippen molar-refractivity contribution in [1.29, 1.82) is 0 Å². The lowest BCUT2D eigenvalue weighted by Gasteiger charge is -2.11. The maximum atomic E-state index is 8.61. The van der Waals surface area contributed by atoms with E-state index in [1.54, 1.807) is 17.4 Å². The molecule has 2 heterocycles. The van der Waals surface area contributed by atoms with E-state index in [2.05, 4.69) is 109 Å². The summed E-state index contributed by atoms with van der Waals surface area (Å²) in [4.78, 5) is 10.4. The second-order valence-electron chi connectivity index (χ2n) is 13.4. The molecule has 55 heavy (non-hydrogen) atoms. The summed E-state index contributed by atoms with van der Waals surface area (Å²) in [5.74, 6) is 0.570. The van der Waals surface area contributed by atoms with Gasteiger partial charge in [0.25, 0.3) is 0 Å². The molecule has 2 nitrogen and oxygen atoms in total. The third-order valence-corrected chi connectivity index (χ3v) is 11.2. The van der Waals surface area contributed by atoms with Crippen LogP contribution in [-0.4, -0.2) is 9.97 Å². The zero-order valence-corrected chi connectivity index (χ0v) is 30.4. The molecule has 0 N–H and O–H groups in total. The Balaban J connectivity index is 1.07. The van der Waals surface area contributed by atoms with Crippen LogP contribution in [0.15, 0.2) is 206 Å². The Labute approximate surface area is 331 Å². The third-order valence-electron chi connectivity index (χ3n) is 10.0. The van der Waals surface area contributed by atoms with E-state index in [0.717, 1.165) is 49.2 Å². The molecule has 0 spiro atoms. The summed E-state index contributed by atoms with van der Waals surface area (Å²) in [5.41, 5.74) is 11.7. The van der Waals surface area contributed by atoms with Crippen LogP contribution in [-0.2, 0) is 0 Å². The number of fused-ring (bicyclic) bond motifs is 3. The summed E-state index contributed by atoms with van der Waals surface area (Å²) < 4.78 is 44.1. The van der Waals surface area contributed by atoms with Gasteiger partial charge in [0.2, 0.25) is 0 Å². The van der Waals surface area contributed by atoms with Gasteiger partial charge >= 0.3 is 0 Å². The average molecular weight is 724 g/mol. The van der Waals surface area contributed by atoms with E-state index >= 15 is 0 Å². The van der Waals surface area contributed by atoms with Crippen LogP contribution in [0.3, 0.4) is 0 Å². The van der Waals surface area contributed by atoms with Gasteiger partial charge in [-0.2, -0.15) is 0 Å². The summed E-state index contributed by atoms with van der Waals surface area (Å²) in [5, 5.41) is 2.31. The van der Waals surface area contributed by atoms with Gasteiger partial charge < -0.3 is 0 Å². The molecule has 0 amide bonds. The molecule has 10 aromatic rings. The third kappa shape index (κ3) is 6.31. The minimum atomic E-state index is -0.417. The Hall–Kier alpha value is -6.94. The molecule has 0 aliphatic carbocycles. The monoisotopic (exact) mass is 723 g/mol. The van der Waals surface area contributed by atoms with Crippen LogP contribution in [0, 0.1) is 0 Å². The lowest BCUT2D eigenvalue weighted by molar-refractivity contribution is 1.19. The van der Waals surface area contributed by atoms with Crippen molar-refractivity contribution in [3.63, 3.8) is 0 Å². The van der Waals surface area contributed by atoms with Gasteiger partial charge in [0.05, 0.1) is 18.2 Å². The Kier molecular flexibility index (Phi) is 7.10. The standard InChI is InChI=1S/C52H34N2S/c1-4-13-35(14-5-1)37-25-27-38(28-26-37)39-29-31-40(32-30-39)44-21-12-24-49-50(44)45-22-11-23-46(51(45)55-49)52-53-47(41-17-8-3-9-18-41)34-48(54-52)43-20-10-19-42(33-43)36-15-6-2-7-16-36/h1-34H/i2D,6D,7D,15D,16D. The molecule has 0 aliphatic rings. The lowest BCUT2D eigenvalue weighted by atomic mass is 9.95. The van der Waals surface area contributed by atoms with E-state index in [9.17, 15) is 0 Å². The molecule has 258 valence electrons. The number of thiophene rings is 1. The highest BCUT2D eigenvalue weighted by molar-refractivity contribution is 7.26. The van der Waals surface area contributed by atoms with Crippen LogP contribution in [0.2, 0.25) is 0 Å². The van der Waals surface area contributed by atoms with E-state index < -0.39 is 6.04 Å².